The Morgan fingerprint density at radius 3 is 2.79 bits per heavy atom. The zero-order chi connectivity index (χ0) is 20.6. The molecule has 3 rings (SSSR count). The topological polar surface area (TPSA) is 60.5 Å². The number of aryl methyl sites for hydroxylation is 1. The number of unbranched alkanes of at least 4 members (excludes halogenated alkanes) is 1. The first-order valence-electron chi connectivity index (χ1n) is 9.84. The molecule has 0 aliphatic carbocycles. The highest BCUT2D eigenvalue weighted by Crippen LogP contribution is 2.30. The van der Waals surface area contributed by atoms with Crippen LogP contribution in [-0.2, 0) is 11.2 Å². The second-order valence-corrected chi connectivity index (χ2v) is 7.60. The molecule has 0 saturated heterocycles. The van der Waals surface area contributed by atoms with Gasteiger partial charge in [-0.1, -0.05) is 36.8 Å². The van der Waals surface area contributed by atoms with Gasteiger partial charge in [0.05, 0.1) is 17.9 Å². The molecule has 0 saturated carbocycles. The van der Waals surface area contributed by atoms with Crippen molar-refractivity contribution in [1.29, 1.82) is 0 Å². The average molecular weight is 417 g/mol. The van der Waals surface area contributed by atoms with Crippen LogP contribution in [0.2, 0.25) is 0 Å². The molecule has 29 heavy (non-hydrogen) atoms. The third kappa shape index (κ3) is 5.67. The first kappa shape index (κ1) is 21.0. The third-order valence-corrected chi connectivity index (χ3v) is 5.26. The molecule has 0 fully saturated rings. The van der Waals surface area contributed by atoms with E-state index in [1.54, 1.807) is 12.1 Å². The maximum Gasteiger partial charge on any atom is 0.226 e. The van der Waals surface area contributed by atoms with E-state index in [1.807, 2.05) is 25.1 Å². The first-order chi connectivity index (χ1) is 14.1. The molecule has 0 aliphatic heterocycles. The predicted molar refractivity (Wildman–Crippen MR) is 115 cm³/mol. The van der Waals surface area contributed by atoms with Gasteiger partial charge in [0, 0.05) is 6.42 Å². The van der Waals surface area contributed by atoms with Crippen LogP contribution in [0.25, 0.3) is 10.2 Å². The molecule has 1 N–H and O–H groups in total. The highest BCUT2D eigenvalue weighted by molar-refractivity contribution is 7.22. The Morgan fingerprint density at radius 1 is 1.17 bits per heavy atom. The summed E-state index contributed by atoms with van der Waals surface area (Å²) in [5.41, 5.74) is 1.27. The van der Waals surface area contributed by atoms with Crippen molar-refractivity contribution in [2.24, 2.45) is 0 Å². The van der Waals surface area contributed by atoms with Gasteiger partial charge >= 0.3 is 0 Å². The van der Waals surface area contributed by atoms with Gasteiger partial charge in [0.2, 0.25) is 5.91 Å². The Kier molecular flexibility index (Phi) is 7.41. The summed E-state index contributed by atoms with van der Waals surface area (Å²) in [7, 11) is 0. The number of carbonyl (C=O) groups excluding carboxylic acids is 1. The minimum absolute atomic E-state index is 0.161. The molecule has 0 unspecified atom stereocenters. The van der Waals surface area contributed by atoms with Crippen LogP contribution in [0.3, 0.4) is 0 Å². The van der Waals surface area contributed by atoms with Crippen molar-refractivity contribution in [3.8, 4) is 11.5 Å². The van der Waals surface area contributed by atoms with E-state index in [0.29, 0.717) is 41.6 Å². The van der Waals surface area contributed by atoms with Crippen molar-refractivity contribution in [1.82, 2.24) is 4.98 Å². The monoisotopic (exact) mass is 416 g/mol. The Morgan fingerprint density at radius 2 is 2.03 bits per heavy atom. The standard InChI is InChI=1S/C22H25FN2O3S/c1-3-5-13-28-17-11-9-15(14-18(17)27-4-2)10-12-20(26)24-22-25-21-16(23)7-6-8-19(21)29-22/h6-9,11,14H,3-5,10,12-13H2,1-2H3,(H,24,25,26). The van der Waals surface area contributed by atoms with Gasteiger partial charge in [0.25, 0.3) is 0 Å². The van der Waals surface area contributed by atoms with Gasteiger partial charge in [-0.05, 0) is 49.6 Å². The number of nitrogens with zero attached hydrogens (tertiary/aromatic N) is 1. The maximum atomic E-state index is 13.7. The number of carbonyl (C=O) groups is 1. The number of halogens is 1. The van der Waals surface area contributed by atoms with Crippen LogP contribution in [0.15, 0.2) is 36.4 Å². The zero-order valence-electron chi connectivity index (χ0n) is 16.7. The number of hydrogen-bond acceptors (Lipinski definition) is 5. The fraction of sp³-hybridized carbons (Fsp3) is 0.364. The summed E-state index contributed by atoms with van der Waals surface area (Å²) in [6.07, 6.45) is 2.90. The number of benzene rings is 2. The number of aromatic nitrogens is 1. The molecule has 0 atom stereocenters. The lowest BCUT2D eigenvalue weighted by atomic mass is 10.1. The molecule has 1 amide bonds. The van der Waals surface area contributed by atoms with Gasteiger partial charge in [0.1, 0.15) is 11.3 Å². The highest BCUT2D eigenvalue weighted by atomic mass is 32.1. The smallest absolute Gasteiger partial charge is 0.226 e. The number of para-hydroxylation sites is 1. The third-order valence-electron chi connectivity index (χ3n) is 4.32. The average Bonchev–Trinajstić information content (AvgIpc) is 3.12. The fourth-order valence-corrected chi connectivity index (χ4v) is 3.73. The summed E-state index contributed by atoms with van der Waals surface area (Å²) in [5.74, 6) is 0.878. The minimum Gasteiger partial charge on any atom is -0.490 e. The summed E-state index contributed by atoms with van der Waals surface area (Å²) in [5, 5.41) is 3.17. The number of thiazole rings is 1. The summed E-state index contributed by atoms with van der Waals surface area (Å²) >= 11 is 1.26. The van der Waals surface area contributed by atoms with Crippen LogP contribution in [0.1, 0.15) is 38.7 Å². The lowest BCUT2D eigenvalue weighted by Gasteiger charge is -2.13. The number of hydrogen-bond donors (Lipinski definition) is 1. The molecule has 1 heterocycles. The van der Waals surface area contributed by atoms with Gasteiger partial charge in [-0.2, -0.15) is 0 Å². The predicted octanol–water partition coefficient (Wildman–Crippen LogP) is 5.58. The molecule has 3 aromatic rings. The molecule has 7 heteroatoms. The Labute approximate surface area is 173 Å². The summed E-state index contributed by atoms with van der Waals surface area (Å²) in [6.45, 7) is 5.24. The number of fused-ring (bicyclic) bond motifs is 1. The second kappa shape index (κ2) is 10.2. The van der Waals surface area contributed by atoms with E-state index in [4.69, 9.17) is 9.47 Å². The van der Waals surface area contributed by atoms with Gasteiger partial charge < -0.3 is 14.8 Å². The molecule has 5 nitrogen and oxygen atoms in total. The first-order valence-corrected chi connectivity index (χ1v) is 10.7. The van der Waals surface area contributed by atoms with E-state index in [1.165, 1.54) is 17.4 Å². The van der Waals surface area contributed by atoms with Crippen molar-refractivity contribution in [3.63, 3.8) is 0 Å². The van der Waals surface area contributed by atoms with Crippen LogP contribution in [-0.4, -0.2) is 24.1 Å². The summed E-state index contributed by atoms with van der Waals surface area (Å²) < 4.78 is 25.9. The molecule has 0 bridgehead atoms. The molecular weight excluding hydrogens is 391 g/mol. The largest absolute Gasteiger partial charge is 0.490 e. The summed E-state index contributed by atoms with van der Waals surface area (Å²) in [4.78, 5) is 16.5. The molecule has 0 radical (unpaired) electrons. The fourth-order valence-electron chi connectivity index (χ4n) is 2.83. The molecule has 2 aromatic carbocycles. The second-order valence-electron chi connectivity index (χ2n) is 6.57. The number of amides is 1. The number of rotatable bonds is 10. The van der Waals surface area contributed by atoms with Crippen LogP contribution in [0.4, 0.5) is 9.52 Å². The SMILES string of the molecule is CCCCOc1ccc(CCC(=O)Nc2nc3c(F)cccc3s2)cc1OCC. The van der Waals surface area contributed by atoms with E-state index < -0.39 is 0 Å². The van der Waals surface area contributed by atoms with E-state index in [9.17, 15) is 9.18 Å². The number of anilines is 1. The lowest BCUT2D eigenvalue weighted by molar-refractivity contribution is -0.116. The highest BCUT2D eigenvalue weighted by Gasteiger charge is 2.12. The van der Waals surface area contributed by atoms with Crippen molar-refractivity contribution in [2.75, 3.05) is 18.5 Å². The zero-order valence-corrected chi connectivity index (χ0v) is 17.5. The Balaban J connectivity index is 1.59. The van der Waals surface area contributed by atoms with E-state index in [2.05, 4.69) is 17.2 Å². The molecule has 0 spiro atoms. The van der Waals surface area contributed by atoms with Crippen LogP contribution >= 0.6 is 11.3 Å². The van der Waals surface area contributed by atoms with Crippen molar-refractivity contribution in [2.45, 2.75) is 39.5 Å². The Bertz CT molecular complexity index is 974. The number of ether oxygens (including phenoxy) is 2. The summed E-state index contributed by atoms with van der Waals surface area (Å²) in [6, 6.07) is 10.5. The normalized spacial score (nSPS) is 10.9. The molecular formula is C22H25FN2O3S. The van der Waals surface area contributed by atoms with E-state index in [-0.39, 0.29) is 17.2 Å². The lowest BCUT2D eigenvalue weighted by Crippen LogP contribution is -2.12. The van der Waals surface area contributed by atoms with Crippen molar-refractivity contribution >= 4 is 32.6 Å². The van der Waals surface area contributed by atoms with Gasteiger partial charge in [-0.3, -0.25) is 4.79 Å². The van der Waals surface area contributed by atoms with Crippen LogP contribution in [0.5, 0.6) is 11.5 Å². The van der Waals surface area contributed by atoms with E-state index in [0.717, 1.165) is 24.2 Å². The van der Waals surface area contributed by atoms with Crippen molar-refractivity contribution < 1.29 is 18.7 Å². The van der Waals surface area contributed by atoms with E-state index >= 15 is 0 Å². The molecule has 0 aliphatic rings. The molecule has 154 valence electrons. The van der Waals surface area contributed by atoms with Crippen LogP contribution < -0.4 is 14.8 Å². The minimum atomic E-state index is -0.385. The van der Waals surface area contributed by atoms with Gasteiger partial charge in [-0.15, -0.1) is 0 Å². The van der Waals surface area contributed by atoms with Gasteiger partial charge in [-0.25, -0.2) is 9.37 Å². The maximum absolute atomic E-state index is 13.7. The van der Waals surface area contributed by atoms with Crippen LogP contribution in [0, 0.1) is 5.82 Å². The number of nitrogens with one attached hydrogen (secondary N) is 1. The Hall–Kier alpha value is -2.67. The van der Waals surface area contributed by atoms with Crippen molar-refractivity contribution in [3.05, 3.63) is 47.8 Å². The van der Waals surface area contributed by atoms with Gasteiger partial charge in [0.15, 0.2) is 16.6 Å². The quantitative estimate of drug-likeness (QED) is 0.438. The molecule has 1 aromatic heterocycles.